The number of fused-ring (bicyclic) bond motifs is 1. The van der Waals surface area contributed by atoms with Gasteiger partial charge in [-0.25, -0.2) is 17.2 Å². The Morgan fingerprint density at radius 1 is 1.21 bits per heavy atom. The molecule has 0 unspecified atom stereocenters. The summed E-state index contributed by atoms with van der Waals surface area (Å²) in [5.74, 6) is -2.35. The monoisotopic (exact) mass is 456 g/mol. The lowest BCUT2D eigenvalue weighted by molar-refractivity contribution is -0.117. The van der Waals surface area contributed by atoms with Crippen LogP contribution in [0.25, 0.3) is 0 Å². The smallest absolute Gasteiger partial charge is 0.252 e. The topological polar surface area (TPSA) is 66.8 Å². The number of carbonyl (C=O) groups is 1. The van der Waals surface area contributed by atoms with E-state index in [1.165, 1.54) is 11.0 Å². The van der Waals surface area contributed by atoms with Crippen LogP contribution >= 0.6 is 23.4 Å². The summed E-state index contributed by atoms with van der Waals surface area (Å²) in [7, 11) is -3.29. The zero-order valence-corrected chi connectivity index (χ0v) is 17.3. The fourth-order valence-corrected chi connectivity index (χ4v) is 7.60. The van der Waals surface area contributed by atoms with Crippen LogP contribution in [0.15, 0.2) is 47.5 Å². The summed E-state index contributed by atoms with van der Waals surface area (Å²) in [5, 5.41) is 0.262. The fourth-order valence-electron chi connectivity index (χ4n) is 3.47. The second-order valence-electron chi connectivity index (χ2n) is 6.82. The average Bonchev–Trinajstić information content (AvgIpc) is 3.08. The lowest BCUT2D eigenvalue weighted by Crippen LogP contribution is -2.38. The van der Waals surface area contributed by atoms with E-state index in [4.69, 9.17) is 11.6 Å². The summed E-state index contributed by atoms with van der Waals surface area (Å²) in [6.45, 7) is 0. The van der Waals surface area contributed by atoms with Crippen molar-refractivity contribution < 1.29 is 22.0 Å². The Morgan fingerprint density at radius 3 is 2.69 bits per heavy atom. The molecular formula is C19H15ClF2N2O3S2. The molecule has 0 aliphatic carbocycles. The number of rotatable bonds is 3. The van der Waals surface area contributed by atoms with Gasteiger partial charge in [-0.15, -0.1) is 0 Å². The molecule has 2 heterocycles. The van der Waals surface area contributed by atoms with Gasteiger partial charge in [-0.3, -0.25) is 4.79 Å². The predicted octanol–water partition coefficient (Wildman–Crippen LogP) is 3.46. The number of anilines is 1. The molecule has 1 amide bonds. The molecule has 0 bridgehead atoms. The first-order valence-electron chi connectivity index (χ1n) is 8.70. The molecule has 0 spiro atoms. The third-order valence-corrected chi connectivity index (χ3v) is 8.33. The minimum atomic E-state index is -3.29. The minimum Gasteiger partial charge on any atom is -0.313 e. The van der Waals surface area contributed by atoms with Crippen LogP contribution < -0.4 is 4.90 Å². The Morgan fingerprint density at radius 2 is 1.97 bits per heavy atom. The minimum absolute atomic E-state index is 0.00667. The molecule has 0 aromatic heterocycles. The Balaban J connectivity index is 1.68. The van der Waals surface area contributed by atoms with Crippen LogP contribution in [0.2, 0.25) is 5.02 Å². The number of carbonyl (C=O) groups excluding carboxylic acids is 1. The van der Waals surface area contributed by atoms with E-state index in [2.05, 4.69) is 4.99 Å². The van der Waals surface area contributed by atoms with Crippen LogP contribution in [0.1, 0.15) is 5.56 Å². The molecule has 10 heteroatoms. The molecule has 2 saturated heterocycles. The Hall–Kier alpha value is -1.97. The first kappa shape index (κ1) is 20.3. The maximum atomic E-state index is 14.5. The van der Waals surface area contributed by atoms with Crippen molar-refractivity contribution in [2.24, 2.45) is 4.99 Å². The fraction of sp³-hybridized carbons (Fsp3) is 0.263. The number of hydrogen-bond acceptors (Lipinski definition) is 4. The van der Waals surface area contributed by atoms with Crippen LogP contribution in [0.3, 0.4) is 0 Å². The van der Waals surface area contributed by atoms with Crippen LogP contribution in [-0.4, -0.2) is 42.3 Å². The number of thioether (sulfide) groups is 1. The first-order valence-corrected chi connectivity index (χ1v) is 11.8. The van der Waals surface area contributed by atoms with Gasteiger partial charge in [0.05, 0.1) is 29.7 Å². The van der Waals surface area contributed by atoms with E-state index in [1.807, 2.05) is 0 Å². The number of amides is 1. The zero-order valence-electron chi connectivity index (χ0n) is 14.9. The molecule has 0 saturated carbocycles. The normalized spacial score (nSPS) is 24.1. The van der Waals surface area contributed by atoms with Crippen molar-refractivity contribution in [2.75, 3.05) is 16.4 Å². The summed E-state index contributed by atoms with van der Waals surface area (Å²) >= 11 is 7.21. The maximum absolute atomic E-state index is 14.5. The number of hydrogen-bond donors (Lipinski definition) is 0. The van der Waals surface area contributed by atoms with Gasteiger partial charge in [0.2, 0.25) is 0 Å². The van der Waals surface area contributed by atoms with Gasteiger partial charge in [-0.1, -0.05) is 41.6 Å². The number of amidine groups is 1. The predicted molar refractivity (Wildman–Crippen MR) is 110 cm³/mol. The Labute approximate surface area is 175 Å². The van der Waals surface area contributed by atoms with Gasteiger partial charge < -0.3 is 4.90 Å². The van der Waals surface area contributed by atoms with Crippen molar-refractivity contribution in [3.8, 4) is 0 Å². The number of benzene rings is 2. The lowest BCUT2D eigenvalue weighted by atomic mass is 10.1. The molecule has 0 radical (unpaired) electrons. The van der Waals surface area contributed by atoms with Gasteiger partial charge in [0.1, 0.15) is 11.6 Å². The van der Waals surface area contributed by atoms with Gasteiger partial charge in [0, 0.05) is 16.3 Å². The van der Waals surface area contributed by atoms with Gasteiger partial charge in [-0.2, -0.15) is 4.99 Å². The van der Waals surface area contributed by atoms with Crippen molar-refractivity contribution in [1.82, 2.24) is 0 Å². The zero-order chi connectivity index (χ0) is 20.8. The van der Waals surface area contributed by atoms with E-state index >= 15 is 0 Å². The van der Waals surface area contributed by atoms with Crippen molar-refractivity contribution in [3.05, 3.63) is 64.7 Å². The van der Waals surface area contributed by atoms with Gasteiger partial charge >= 0.3 is 0 Å². The van der Waals surface area contributed by atoms with Crippen LogP contribution in [0.4, 0.5) is 14.5 Å². The average molecular weight is 457 g/mol. The molecule has 2 aliphatic rings. The Kier molecular flexibility index (Phi) is 5.39. The van der Waals surface area contributed by atoms with Crippen molar-refractivity contribution in [3.63, 3.8) is 0 Å². The standard InChI is InChI=1S/C19H15ClF2N2O3S2/c20-13-4-2-1-3-11(13)7-18(25)23-19-24(15-6-5-12(21)8-14(15)22)16-9-29(26,27)10-17(16)28-19/h1-6,8,16-17H,7,9-10H2/t16-,17+/m0/s1. The second kappa shape index (κ2) is 7.70. The maximum Gasteiger partial charge on any atom is 0.252 e. The highest BCUT2D eigenvalue weighted by Gasteiger charge is 2.50. The summed E-state index contributed by atoms with van der Waals surface area (Å²) in [4.78, 5) is 18.0. The lowest BCUT2D eigenvalue weighted by Gasteiger charge is -2.24. The molecule has 2 aliphatic heterocycles. The molecule has 2 aromatic rings. The van der Waals surface area contributed by atoms with E-state index in [1.54, 1.807) is 24.3 Å². The summed E-state index contributed by atoms with van der Waals surface area (Å²) in [5.41, 5.74) is 0.599. The van der Waals surface area contributed by atoms with E-state index in [-0.39, 0.29) is 34.0 Å². The highest BCUT2D eigenvalue weighted by atomic mass is 35.5. The van der Waals surface area contributed by atoms with Crippen LogP contribution in [0.5, 0.6) is 0 Å². The van der Waals surface area contributed by atoms with Gasteiger partial charge in [-0.05, 0) is 23.8 Å². The number of halogens is 3. The van der Waals surface area contributed by atoms with E-state index in [0.29, 0.717) is 10.6 Å². The van der Waals surface area contributed by atoms with Crippen LogP contribution in [-0.2, 0) is 21.1 Å². The summed E-state index contributed by atoms with van der Waals surface area (Å²) in [6.07, 6.45) is -0.0445. The van der Waals surface area contributed by atoms with Gasteiger partial charge in [0.25, 0.3) is 5.91 Å². The van der Waals surface area contributed by atoms with Crippen molar-refractivity contribution in [2.45, 2.75) is 17.7 Å². The molecule has 5 nitrogen and oxygen atoms in total. The Bertz CT molecular complexity index is 1120. The molecule has 152 valence electrons. The number of nitrogens with zero attached hydrogens (tertiary/aromatic N) is 2. The number of aliphatic imine (C=N–C) groups is 1. The molecule has 2 aromatic carbocycles. The third kappa shape index (κ3) is 4.17. The molecule has 0 N–H and O–H groups in total. The molecule has 4 rings (SSSR count). The second-order valence-corrected chi connectivity index (χ2v) is 10.6. The largest absolute Gasteiger partial charge is 0.313 e. The highest BCUT2D eigenvalue weighted by molar-refractivity contribution is 8.16. The van der Waals surface area contributed by atoms with Gasteiger partial charge in [0.15, 0.2) is 15.0 Å². The van der Waals surface area contributed by atoms with Crippen molar-refractivity contribution in [1.29, 1.82) is 0 Å². The highest BCUT2D eigenvalue weighted by Crippen LogP contribution is 2.41. The molecule has 29 heavy (non-hydrogen) atoms. The van der Waals surface area contributed by atoms with E-state index in [0.717, 1.165) is 23.9 Å². The third-order valence-electron chi connectivity index (χ3n) is 4.76. The number of sulfone groups is 1. The van der Waals surface area contributed by atoms with E-state index in [9.17, 15) is 22.0 Å². The molecular weight excluding hydrogens is 442 g/mol. The van der Waals surface area contributed by atoms with E-state index < -0.39 is 33.4 Å². The quantitative estimate of drug-likeness (QED) is 0.707. The molecule has 2 atom stereocenters. The SMILES string of the molecule is O=C(Cc1ccccc1Cl)N=C1S[C@@H]2CS(=O)(=O)C[C@@H]2N1c1ccc(F)cc1F. The van der Waals surface area contributed by atoms with Crippen LogP contribution in [0, 0.1) is 11.6 Å². The molecule has 2 fully saturated rings. The first-order chi connectivity index (χ1) is 13.7. The van der Waals surface area contributed by atoms with Crippen molar-refractivity contribution >= 4 is 50.0 Å². The summed E-state index contributed by atoms with van der Waals surface area (Å²) < 4.78 is 51.9. The summed E-state index contributed by atoms with van der Waals surface area (Å²) in [6, 6.07) is 9.34.